The summed E-state index contributed by atoms with van der Waals surface area (Å²) in [4.78, 5) is 12.5. The number of alkyl halides is 3. The fourth-order valence-corrected chi connectivity index (χ4v) is 2.43. The molecule has 1 N–H and O–H groups in total. The van der Waals surface area contributed by atoms with Gasteiger partial charge in [0.2, 0.25) is 0 Å². The molecule has 146 valence electrons. The van der Waals surface area contributed by atoms with E-state index >= 15 is 0 Å². The largest absolute Gasteiger partial charge is 0.494 e. The van der Waals surface area contributed by atoms with Crippen molar-refractivity contribution in [3.63, 3.8) is 0 Å². The van der Waals surface area contributed by atoms with Gasteiger partial charge < -0.3 is 14.8 Å². The van der Waals surface area contributed by atoms with Gasteiger partial charge in [0.05, 0.1) is 18.8 Å². The average molecular weight is 381 g/mol. The van der Waals surface area contributed by atoms with Gasteiger partial charge in [-0.1, -0.05) is 13.0 Å². The molecule has 0 aliphatic carbocycles. The molecule has 0 fully saturated rings. The van der Waals surface area contributed by atoms with Crippen LogP contribution in [0.2, 0.25) is 0 Å². The van der Waals surface area contributed by atoms with Gasteiger partial charge in [-0.15, -0.1) is 0 Å². The van der Waals surface area contributed by atoms with Crippen LogP contribution in [0.5, 0.6) is 5.75 Å². The van der Waals surface area contributed by atoms with E-state index in [1.54, 1.807) is 18.2 Å². The number of anilines is 1. The van der Waals surface area contributed by atoms with Crippen molar-refractivity contribution in [3.05, 3.63) is 59.2 Å². The summed E-state index contributed by atoms with van der Waals surface area (Å²) in [6.07, 6.45) is -3.61. The highest BCUT2D eigenvalue weighted by Crippen LogP contribution is 2.31. The summed E-state index contributed by atoms with van der Waals surface area (Å²) < 4.78 is 49.5. The molecule has 0 aliphatic rings. The second-order valence-corrected chi connectivity index (χ2v) is 5.84. The molecule has 0 saturated heterocycles. The highest BCUT2D eigenvalue weighted by molar-refractivity contribution is 6.04. The Labute approximate surface area is 156 Å². The van der Waals surface area contributed by atoms with Crippen molar-refractivity contribution in [3.8, 4) is 5.75 Å². The number of rotatable bonds is 8. The van der Waals surface area contributed by atoms with Crippen LogP contribution in [-0.2, 0) is 17.5 Å². The normalized spacial score (nSPS) is 11.3. The first-order valence-corrected chi connectivity index (χ1v) is 8.67. The Bertz CT molecular complexity index is 775. The molecule has 1 amide bonds. The van der Waals surface area contributed by atoms with Gasteiger partial charge in [0, 0.05) is 23.4 Å². The minimum absolute atomic E-state index is 0.0764. The summed E-state index contributed by atoms with van der Waals surface area (Å²) in [7, 11) is 0. The first-order chi connectivity index (χ1) is 12.8. The van der Waals surface area contributed by atoms with Crippen LogP contribution < -0.4 is 10.1 Å². The Hall–Kier alpha value is -2.54. The maximum Gasteiger partial charge on any atom is 0.416 e. The lowest BCUT2D eigenvalue weighted by Gasteiger charge is -2.13. The van der Waals surface area contributed by atoms with Crippen molar-refractivity contribution in [1.82, 2.24) is 0 Å². The van der Waals surface area contributed by atoms with E-state index in [0.717, 1.165) is 18.6 Å². The van der Waals surface area contributed by atoms with Crippen LogP contribution in [0, 0.1) is 0 Å². The topological polar surface area (TPSA) is 47.6 Å². The quantitative estimate of drug-likeness (QED) is 0.633. The fourth-order valence-electron chi connectivity index (χ4n) is 2.43. The summed E-state index contributed by atoms with van der Waals surface area (Å²) in [5.74, 6) is 0.110. The van der Waals surface area contributed by atoms with Crippen molar-refractivity contribution < 1.29 is 27.4 Å². The third-order valence-electron chi connectivity index (χ3n) is 3.68. The first kappa shape index (κ1) is 20.8. The van der Waals surface area contributed by atoms with Gasteiger partial charge in [0.15, 0.2) is 0 Å². The molecular formula is C20H22F3NO3. The molecule has 2 aromatic rings. The number of benzene rings is 2. The van der Waals surface area contributed by atoms with E-state index in [1.165, 1.54) is 12.1 Å². The second-order valence-electron chi connectivity index (χ2n) is 5.84. The first-order valence-electron chi connectivity index (χ1n) is 8.67. The number of nitrogens with one attached hydrogen (secondary N) is 1. The molecule has 0 saturated carbocycles. The molecule has 0 bridgehead atoms. The van der Waals surface area contributed by atoms with Crippen molar-refractivity contribution in [1.29, 1.82) is 0 Å². The number of hydrogen-bond acceptors (Lipinski definition) is 3. The smallest absolute Gasteiger partial charge is 0.416 e. The number of ether oxygens (including phenoxy) is 2. The van der Waals surface area contributed by atoms with Gasteiger partial charge in [0.25, 0.3) is 5.91 Å². The van der Waals surface area contributed by atoms with Crippen LogP contribution >= 0.6 is 0 Å². The predicted molar refractivity (Wildman–Crippen MR) is 97.0 cm³/mol. The molecule has 0 radical (unpaired) electrons. The van der Waals surface area contributed by atoms with E-state index in [9.17, 15) is 18.0 Å². The molecule has 2 aromatic carbocycles. The van der Waals surface area contributed by atoms with Crippen molar-refractivity contribution in [2.45, 2.75) is 33.1 Å². The lowest BCUT2D eigenvalue weighted by Crippen LogP contribution is -2.14. The Morgan fingerprint density at radius 2 is 1.89 bits per heavy atom. The molecular weight excluding hydrogens is 359 g/mol. The Kier molecular flexibility index (Phi) is 7.24. The number of amides is 1. The molecule has 0 heterocycles. The summed E-state index contributed by atoms with van der Waals surface area (Å²) in [6.45, 7) is 5.17. The Morgan fingerprint density at radius 1 is 1.11 bits per heavy atom. The van der Waals surface area contributed by atoms with Crippen molar-refractivity contribution >= 4 is 11.6 Å². The molecule has 0 unspecified atom stereocenters. The van der Waals surface area contributed by atoms with Gasteiger partial charge in [-0.05, 0) is 49.7 Å². The summed E-state index contributed by atoms with van der Waals surface area (Å²) in [5.41, 5.74) is 0.279. The maximum atomic E-state index is 12.8. The van der Waals surface area contributed by atoms with Gasteiger partial charge in [0.1, 0.15) is 5.75 Å². The summed E-state index contributed by atoms with van der Waals surface area (Å²) in [5, 5.41) is 2.50. The van der Waals surface area contributed by atoms with Gasteiger partial charge >= 0.3 is 6.18 Å². The molecule has 4 nitrogen and oxygen atoms in total. The number of carbonyl (C=O) groups excluding carboxylic acids is 1. The van der Waals surface area contributed by atoms with E-state index in [0.29, 0.717) is 30.1 Å². The third kappa shape index (κ3) is 5.99. The molecule has 0 atom stereocenters. The van der Waals surface area contributed by atoms with E-state index < -0.39 is 17.6 Å². The van der Waals surface area contributed by atoms with Gasteiger partial charge in [-0.2, -0.15) is 13.2 Å². The summed E-state index contributed by atoms with van der Waals surface area (Å²) >= 11 is 0. The van der Waals surface area contributed by atoms with Crippen LogP contribution in [0.1, 0.15) is 41.8 Å². The minimum Gasteiger partial charge on any atom is -0.494 e. The average Bonchev–Trinajstić information content (AvgIpc) is 2.63. The Morgan fingerprint density at radius 3 is 2.56 bits per heavy atom. The molecule has 27 heavy (non-hydrogen) atoms. The van der Waals surface area contributed by atoms with E-state index in [2.05, 4.69) is 5.32 Å². The molecule has 0 aromatic heterocycles. The van der Waals surface area contributed by atoms with E-state index in [1.807, 2.05) is 13.8 Å². The predicted octanol–water partition coefficient (Wildman–Crippen LogP) is 5.28. The van der Waals surface area contributed by atoms with Crippen LogP contribution in [0.4, 0.5) is 18.9 Å². The van der Waals surface area contributed by atoms with E-state index in [4.69, 9.17) is 9.47 Å². The van der Waals surface area contributed by atoms with Crippen LogP contribution in [0.25, 0.3) is 0 Å². The standard InChI is InChI=1S/C20H22F3NO3/c1-3-10-26-13-15-11-14(8-9-18(15)27-4-2)19(25)24-17-7-5-6-16(12-17)20(21,22)23/h5-9,11-12H,3-4,10,13H2,1-2H3,(H,24,25). The highest BCUT2D eigenvalue weighted by Gasteiger charge is 2.30. The molecule has 0 aliphatic heterocycles. The number of hydrogen-bond donors (Lipinski definition) is 1. The van der Waals surface area contributed by atoms with Gasteiger partial charge in [-0.25, -0.2) is 0 Å². The minimum atomic E-state index is -4.47. The van der Waals surface area contributed by atoms with Crippen LogP contribution in [0.3, 0.4) is 0 Å². The number of halogens is 3. The van der Waals surface area contributed by atoms with Gasteiger partial charge in [-0.3, -0.25) is 4.79 Å². The fraction of sp³-hybridized carbons (Fsp3) is 0.350. The maximum absolute atomic E-state index is 12.8. The Balaban J connectivity index is 2.19. The third-order valence-corrected chi connectivity index (χ3v) is 3.68. The zero-order valence-corrected chi connectivity index (χ0v) is 15.2. The molecule has 2 rings (SSSR count). The molecule has 7 heteroatoms. The molecule has 0 spiro atoms. The van der Waals surface area contributed by atoms with Crippen LogP contribution in [-0.4, -0.2) is 19.1 Å². The lowest BCUT2D eigenvalue weighted by molar-refractivity contribution is -0.137. The van der Waals surface area contributed by atoms with Crippen LogP contribution in [0.15, 0.2) is 42.5 Å². The van der Waals surface area contributed by atoms with Crippen molar-refractivity contribution in [2.24, 2.45) is 0 Å². The summed E-state index contributed by atoms with van der Waals surface area (Å²) in [6, 6.07) is 9.37. The lowest BCUT2D eigenvalue weighted by atomic mass is 10.1. The monoisotopic (exact) mass is 381 g/mol. The second kappa shape index (κ2) is 9.41. The highest BCUT2D eigenvalue weighted by atomic mass is 19.4. The zero-order chi connectivity index (χ0) is 19.9. The zero-order valence-electron chi connectivity index (χ0n) is 15.2. The van der Waals surface area contributed by atoms with Crippen molar-refractivity contribution in [2.75, 3.05) is 18.5 Å². The number of carbonyl (C=O) groups is 1. The van der Waals surface area contributed by atoms with E-state index in [-0.39, 0.29) is 12.3 Å². The SMILES string of the molecule is CCCOCc1cc(C(=O)Nc2cccc(C(F)(F)F)c2)ccc1OCC.